The summed E-state index contributed by atoms with van der Waals surface area (Å²) in [5, 5.41) is 4.61. The van der Waals surface area contributed by atoms with Crippen LogP contribution in [-0.4, -0.2) is 49.7 Å². The van der Waals surface area contributed by atoms with Crippen molar-refractivity contribution >= 4 is 22.8 Å². The summed E-state index contributed by atoms with van der Waals surface area (Å²) in [6.45, 7) is 4.31. The van der Waals surface area contributed by atoms with Gasteiger partial charge in [0, 0.05) is 31.9 Å². The van der Waals surface area contributed by atoms with Gasteiger partial charge < -0.3 is 9.47 Å². The molecule has 0 bridgehead atoms. The first-order chi connectivity index (χ1) is 10.2. The molecule has 0 amide bonds. The molecular formula is C15H24ClN5. The quantitative estimate of drug-likeness (QED) is 0.795. The molecule has 0 aromatic carbocycles. The van der Waals surface area contributed by atoms with E-state index in [-0.39, 0.29) is 0 Å². The standard InChI is InChI=1S/C15H24ClN5/c1-4-12-14-15(20(3)18-12)21(13(17-14)7-8-16)10-11-6-5-9-19(11)2/h11H,4-10H2,1-3H3. The van der Waals surface area contributed by atoms with E-state index < -0.39 is 0 Å². The lowest BCUT2D eigenvalue weighted by atomic mass is 10.2. The molecule has 1 aliphatic rings. The average molecular weight is 310 g/mol. The Labute approximate surface area is 130 Å². The number of hydrogen-bond donors (Lipinski definition) is 0. The second-order valence-electron chi connectivity index (χ2n) is 5.95. The van der Waals surface area contributed by atoms with E-state index in [1.807, 2.05) is 11.7 Å². The van der Waals surface area contributed by atoms with Gasteiger partial charge in [0.15, 0.2) is 5.65 Å². The minimum absolute atomic E-state index is 0.594. The molecule has 1 saturated heterocycles. The van der Waals surface area contributed by atoms with E-state index in [9.17, 15) is 0 Å². The van der Waals surface area contributed by atoms with Crippen LogP contribution < -0.4 is 0 Å². The summed E-state index contributed by atoms with van der Waals surface area (Å²) in [6.07, 6.45) is 4.28. The number of rotatable bonds is 5. The van der Waals surface area contributed by atoms with Crippen molar-refractivity contribution in [3.63, 3.8) is 0 Å². The summed E-state index contributed by atoms with van der Waals surface area (Å²) in [4.78, 5) is 7.29. The summed E-state index contributed by atoms with van der Waals surface area (Å²) in [7, 11) is 4.23. The van der Waals surface area contributed by atoms with Gasteiger partial charge in [0.1, 0.15) is 11.3 Å². The van der Waals surface area contributed by atoms with E-state index in [1.165, 1.54) is 19.4 Å². The Kier molecular flexibility index (Phi) is 4.22. The molecule has 2 aromatic rings. The Morgan fingerprint density at radius 2 is 2.14 bits per heavy atom. The lowest BCUT2D eigenvalue weighted by Crippen LogP contribution is -2.30. The largest absolute Gasteiger partial charge is 0.311 e. The van der Waals surface area contributed by atoms with Gasteiger partial charge in [0.2, 0.25) is 0 Å². The molecule has 3 rings (SSSR count). The number of imidazole rings is 1. The predicted octanol–water partition coefficient (Wildman–Crippen LogP) is 2.21. The maximum absolute atomic E-state index is 5.98. The van der Waals surface area contributed by atoms with Crippen LogP contribution in [0.15, 0.2) is 0 Å². The second-order valence-corrected chi connectivity index (χ2v) is 6.33. The van der Waals surface area contributed by atoms with Gasteiger partial charge in [-0.1, -0.05) is 6.92 Å². The molecule has 0 radical (unpaired) electrons. The zero-order chi connectivity index (χ0) is 15.0. The Morgan fingerprint density at radius 1 is 1.33 bits per heavy atom. The van der Waals surface area contributed by atoms with Gasteiger partial charge in [-0.05, 0) is 32.9 Å². The molecule has 0 saturated carbocycles. The average Bonchev–Trinajstić information content (AvgIpc) is 3.10. The minimum Gasteiger partial charge on any atom is -0.311 e. The smallest absolute Gasteiger partial charge is 0.158 e. The molecule has 1 atom stereocenters. The fourth-order valence-electron chi connectivity index (χ4n) is 3.41. The molecule has 1 unspecified atom stereocenters. The zero-order valence-corrected chi connectivity index (χ0v) is 13.9. The van der Waals surface area contributed by atoms with Crippen LogP contribution in [0.4, 0.5) is 0 Å². The first-order valence-corrected chi connectivity index (χ1v) is 8.36. The lowest BCUT2D eigenvalue weighted by molar-refractivity contribution is 0.281. The highest BCUT2D eigenvalue weighted by Crippen LogP contribution is 2.24. The summed E-state index contributed by atoms with van der Waals surface area (Å²) in [5.41, 5.74) is 3.29. The van der Waals surface area contributed by atoms with Crippen LogP contribution in [0, 0.1) is 0 Å². The fraction of sp³-hybridized carbons (Fsp3) is 0.733. The highest BCUT2D eigenvalue weighted by atomic mass is 35.5. The van der Waals surface area contributed by atoms with Gasteiger partial charge in [-0.25, -0.2) is 4.98 Å². The van der Waals surface area contributed by atoms with E-state index in [2.05, 4.69) is 28.5 Å². The van der Waals surface area contributed by atoms with Gasteiger partial charge in [0.05, 0.1) is 5.69 Å². The van der Waals surface area contributed by atoms with Crippen molar-refractivity contribution < 1.29 is 0 Å². The fourth-order valence-corrected chi connectivity index (χ4v) is 3.58. The first kappa shape index (κ1) is 14.9. The first-order valence-electron chi connectivity index (χ1n) is 7.82. The van der Waals surface area contributed by atoms with E-state index >= 15 is 0 Å². The number of aryl methyl sites for hydroxylation is 3. The van der Waals surface area contributed by atoms with Gasteiger partial charge in [-0.2, -0.15) is 5.10 Å². The van der Waals surface area contributed by atoms with Gasteiger partial charge in [0.25, 0.3) is 0 Å². The Bertz CT molecular complexity index is 630. The van der Waals surface area contributed by atoms with Crippen LogP contribution >= 0.6 is 11.6 Å². The highest BCUT2D eigenvalue weighted by Gasteiger charge is 2.25. The number of likely N-dealkylation sites (tertiary alicyclic amines) is 1. The molecular weight excluding hydrogens is 286 g/mol. The van der Waals surface area contributed by atoms with Crippen molar-refractivity contribution in [1.29, 1.82) is 0 Å². The normalized spacial score (nSPS) is 19.9. The highest BCUT2D eigenvalue weighted by molar-refractivity contribution is 6.17. The van der Waals surface area contributed by atoms with E-state index in [1.54, 1.807) is 0 Å². The molecule has 0 aliphatic carbocycles. The molecule has 1 fully saturated rings. The third-order valence-corrected chi connectivity index (χ3v) is 4.78. The predicted molar refractivity (Wildman–Crippen MR) is 86.0 cm³/mol. The summed E-state index contributed by atoms with van der Waals surface area (Å²) >= 11 is 5.98. The molecule has 0 N–H and O–H groups in total. The molecule has 6 heteroatoms. The number of likely N-dealkylation sites (N-methyl/N-ethyl adjacent to an activating group) is 1. The van der Waals surface area contributed by atoms with Crippen LogP contribution in [0.25, 0.3) is 11.2 Å². The number of hydrogen-bond acceptors (Lipinski definition) is 3. The molecule has 1 aliphatic heterocycles. The Morgan fingerprint density at radius 3 is 2.76 bits per heavy atom. The second kappa shape index (κ2) is 5.97. The Balaban J connectivity index is 2.04. The SMILES string of the molecule is CCc1nn(C)c2c1nc(CCCl)n2CC1CCCN1C. The van der Waals surface area contributed by atoms with E-state index in [0.29, 0.717) is 11.9 Å². The molecule has 5 nitrogen and oxygen atoms in total. The third-order valence-electron chi connectivity index (χ3n) is 4.59. The summed E-state index contributed by atoms with van der Waals surface area (Å²) < 4.78 is 4.32. The minimum atomic E-state index is 0.594. The lowest BCUT2D eigenvalue weighted by Gasteiger charge is -2.21. The number of nitrogens with zero attached hydrogens (tertiary/aromatic N) is 5. The van der Waals surface area contributed by atoms with Crippen molar-refractivity contribution in [2.45, 2.75) is 45.2 Å². The van der Waals surface area contributed by atoms with E-state index in [4.69, 9.17) is 16.6 Å². The van der Waals surface area contributed by atoms with Crippen molar-refractivity contribution in [1.82, 2.24) is 24.2 Å². The third kappa shape index (κ3) is 2.57. The van der Waals surface area contributed by atoms with Gasteiger partial charge >= 0.3 is 0 Å². The maximum Gasteiger partial charge on any atom is 0.158 e. The van der Waals surface area contributed by atoms with Crippen LogP contribution in [-0.2, 0) is 26.4 Å². The molecule has 3 heterocycles. The number of halogens is 1. The maximum atomic E-state index is 5.98. The van der Waals surface area contributed by atoms with Crippen molar-refractivity contribution in [2.75, 3.05) is 19.5 Å². The number of aromatic nitrogens is 4. The number of alkyl halides is 1. The Hall–Kier alpha value is -1.07. The van der Waals surface area contributed by atoms with Gasteiger partial charge in [-0.3, -0.25) is 4.68 Å². The summed E-state index contributed by atoms with van der Waals surface area (Å²) in [5.74, 6) is 1.71. The number of fused-ring (bicyclic) bond motifs is 1. The molecule has 116 valence electrons. The monoisotopic (exact) mass is 309 g/mol. The molecule has 21 heavy (non-hydrogen) atoms. The molecule has 2 aromatic heterocycles. The van der Waals surface area contributed by atoms with Crippen molar-refractivity contribution in [3.05, 3.63) is 11.5 Å². The van der Waals surface area contributed by atoms with Gasteiger partial charge in [-0.15, -0.1) is 11.6 Å². The van der Waals surface area contributed by atoms with E-state index in [0.717, 1.165) is 42.1 Å². The van der Waals surface area contributed by atoms with Crippen molar-refractivity contribution in [3.8, 4) is 0 Å². The van der Waals surface area contributed by atoms with Crippen molar-refractivity contribution in [2.24, 2.45) is 7.05 Å². The van der Waals surface area contributed by atoms with Crippen LogP contribution in [0.5, 0.6) is 0 Å². The van der Waals surface area contributed by atoms with Crippen LogP contribution in [0.3, 0.4) is 0 Å². The topological polar surface area (TPSA) is 38.9 Å². The van der Waals surface area contributed by atoms with Crippen LogP contribution in [0.1, 0.15) is 31.3 Å². The molecule has 0 spiro atoms. The zero-order valence-electron chi connectivity index (χ0n) is 13.1. The van der Waals surface area contributed by atoms with Crippen LogP contribution in [0.2, 0.25) is 0 Å². The summed E-state index contributed by atoms with van der Waals surface area (Å²) in [6, 6.07) is 0.594.